The minimum absolute atomic E-state index is 0.0813. The van der Waals surface area contributed by atoms with Gasteiger partial charge >= 0.3 is 0 Å². The van der Waals surface area contributed by atoms with Gasteiger partial charge in [0.1, 0.15) is 11.5 Å². The third kappa shape index (κ3) is 5.33. The highest BCUT2D eigenvalue weighted by atomic mass is 35.5. The summed E-state index contributed by atoms with van der Waals surface area (Å²) in [7, 11) is 0. The first-order valence-electron chi connectivity index (χ1n) is 12.7. The van der Waals surface area contributed by atoms with Crippen molar-refractivity contribution in [3.05, 3.63) is 94.0 Å². The number of aryl methyl sites for hydroxylation is 1. The molecule has 2 aliphatic rings. The maximum atomic E-state index is 6.49. The SMILES string of the molecule is CCCCCCCOc1ccc(C2Oc3ccc(Cl)cc3C3CC(c4ccc(C)cc4)=NN32)cc1. The van der Waals surface area contributed by atoms with E-state index >= 15 is 0 Å². The molecule has 2 unspecified atom stereocenters. The quantitative estimate of drug-likeness (QED) is 0.284. The van der Waals surface area contributed by atoms with E-state index < -0.39 is 0 Å². The molecule has 0 saturated carbocycles. The van der Waals surface area contributed by atoms with Crippen LogP contribution in [-0.2, 0) is 0 Å². The highest BCUT2D eigenvalue weighted by Gasteiger charge is 2.41. The molecule has 3 aromatic rings. The highest BCUT2D eigenvalue weighted by molar-refractivity contribution is 6.30. The van der Waals surface area contributed by atoms with Crippen LogP contribution in [0.25, 0.3) is 0 Å². The minimum Gasteiger partial charge on any atom is -0.494 e. The zero-order valence-electron chi connectivity index (χ0n) is 20.5. The number of fused-ring (bicyclic) bond motifs is 3. The van der Waals surface area contributed by atoms with Crippen LogP contribution < -0.4 is 9.47 Å². The molecule has 0 amide bonds. The number of halogens is 1. The highest BCUT2D eigenvalue weighted by Crippen LogP contribution is 2.48. The molecule has 0 fully saturated rings. The Balaban J connectivity index is 1.36. The van der Waals surface area contributed by atoms with Crippen molar-refractivity contribution in [1.82, 2.24) is 5.01 Å². The summed E-state index contributed by atoms with van der Waals surface area (Å²) in [5.74, 6) is 1.77. The molecule has 0 spiro atoms. The molecule has 0 saturated heterocycles. The van der Waals surface area contributed by atoms with Gasteiger partial charge in [-0.2, -0.15) is 5.10 Å². The molecule has 35 heavy (non-hydrogen) atoms. The zero-order valence-corrected chi connectivity index (χ0v) is 21.3. The standard InChI is InChI=1S/C30H33ClN2O2/c1-3-4-5-6-7-18-34-25-15-12-23(13-16-25)30-33-28(26-19-24(31)14-17-29(26)35-30)20-27(32-33)22-10-8-21(2)9-11-22/h8-17,19,28,30H,3-7,18,20H2,1-2H3. The van der Waals surface area contributed by atoms with Gasteiger partial charge in [-0.25, -0.2) is 5.01 Å². The molecule has 0 bridgehead atoms. The van der Waals surface area contributed by atoms with Crippen molar-refractivity contribution in [3.63, 3.8) is 0 Å². The fourth-order valence-corrected chi connectivity index (χ4v) is 5.00. The summed E-state index contributed by atoms with van der Waals surface area (Å²) in [4.78, 5) is 0. The van der Waals surface area contributed by atoms with Crippen molar-refractivity contribution in [3.8, 4) is 11.5 Å². The Labute approximate surface area is 213 Å². The summed E-state index contributed by atoms with van der Waals surface area (Å²) in [5.41, 5.74) is 5.60. The molecule has 4 nitrogen and oxygen atoms in total. The fourth-order valence-electron chi connectivity index (χ4n) is 4.82. The summed E-state index contributed by atoms with van der Waals surface area (Å²) in [6.45, 7) is 5.10. The average Bonchev–Trinajstić information content (AvgIpc) is 3.32. The second-order valence-corrected chi connectivity index (χ2v) is 9.93. The lowest BCUT2D eigenvalue weighted by molar-refractivity contribution is -0.0190. The lowest BCUT2D eigenvalue weighted by atomic mass is 9.95. The van der Waals surface area contributed by atoms with Crippen LogP contribution in [0.1, 0.15) is 80.0 Å². The van der Waals surface area contributed by atoms with Gasteiger partial charge in [0.05, 0.1) is 18.4 Å². The number of ether oxygens (including phenoxy) is 2. The number of nitrogens with zero attached hydrogens (tertiary/aromatic N) is 2. The van der Waals surface area contributed by atoms with Gasteiger partial charge in [0.25, 0.3) is 0 Å². The Kier molecular flexibility index (Phi) is 7.29. The van der Waals surface area contributed by atoms with Crippen molar-refractivity contribution in [2.75, 3.05) is 6.61 Å². The molecule has 0 aromatic heterocycles. The number of rotatable bonds is 9. The number of hydrazone groups is 1. The zero-order chi connectivity index (χ0) is 24.2. The van der Waals surface area contributed by atoms with E-state index in [0.29, 0.717) is 5.02 Å². The van der Waals surface area contributed by atoms with Gasteiger partial charge in [0.15, 0.2) is 0 Å². The summed E-state index contributed by atoms with van der Waals surface area (Å²) >= 11 is 6.36. The lowest BCUT2D eigenvalue weighted by Crippen LogP contribution is -2.33. The monoisotopic (exact) mass is 488 g/mol. The van der Waals surface area contributed by atoms with Crippen LogP contribution in [0.3, 0.4) is 0 Å². The Morgan fingerprint density at radius 2 is 1.74 bits per heavy atom. The first-order chi connectivity index (χ1) is 17.1. The average molecular weight is 489 g/mol. The van der Waals surface area contributed by atoms with Crippen LogP contribution in [0.5, 0.6) is 11.5 Å². The first-order valence-corrected chi connectivity index (χ1v) is 13.1. The molecule has 0 N–H and O–H groups in total. The minimum atomic E-state index is -0.306. The maximum absolute atomic E-state index is 6.49. The van der Waals surface area contributed by atoms with E-state index in [2.05, 4.69) is 55.3 Å². The third-order valence-electron chi connectivity index (χ3n) is 6.82. The summed E-state index contributed by atoms with van der Waals surface area (Å²) < 4.78 is 12.5. The first kappa shape index (κ1) is 23.7. The van der Waals surface area contributed by atoms with Crippen LogP contribution >= 0.6 is 11.6 Å². The second kappa shape index (κ2) is 10.7. The molecule has 0 aliphatic carbocycles. The predicted octanol–water partition coefficient (Wildman–Crippen LogP) is 8.24. The Bertz CT molecular complexity index is 1170. The van der Waals surface area contributed by atoms with Crippen LogP contribution in [0.15, 0.2) is 71.8 Å². The molecule has 2 atom stereocenters. The van der Waals surface area contributed by atoms with Gasteiger partial charge in [-0.05, 0) is 61.4 Å². The molecule has 0 radical (unpaired) electrons. The molecular weight excluding hydrogens is 456 g/mol. The number of unbranched alkanes of at least 4 members (excludes halogenated alkanes) is 4. The normalized spacial score (nSPS) is 18.5. The van der Waals surface area contributed by atoms with Gasteiger partial charge in [0, 0.05) is 22.6 Å². The van der Waals surface area contributed by atoms with Crippen molar-refractivity contribution in [1.29, 1.82) is 0 Å². The number of benzene rings is 3. The van der Waals surface area contributed by atoms with Crippen molar-refractivity contribution >= 4 is 17.3 Å². The van der Waals surface area contributed by atoms with Crippen LogP contribution in [0, 0.1) is 6.92 Å². The molecule has 5 rings (SSSR count). The summed E-state index contributed by atoms with van der Waals surface area (Å²) in [5, 5.41) is 7.86. The Morgan fingerprint density at radius 3 is 2.51 bits per heavy atom. The van der Waals surface area contributed by atoms with E-state index in [-0.39, 0.29) is 12.3 Å². The largest absolute Gasteiger partial charge is 0.494 e. The van der Waals surface area contributed by atoms with E-state index in [1.54, 1.807) is 0 Å². The molecule has 5 heteroatoms. The topological polar surface area (TPSA) is 34.1 Å². The van der Waals surface area contributed by atoms with Gasteiger partial charge in [0.2, 0.25) is 6.23 Å². The fraction of sp³-hybridized carbons (Fsp3) is 0.367. The third-order valence-corrected chi connectivity index (χ3v) is 7.05. The Morgan fingerprint density at radius 1 is 0.971 bits per heavy atom. The van der Waals surface area contributed by atoms with Crippen LogP contribution in [0.4, 0.5) is 0 Å². The summed E-state index contributed by atoms with van der Waals surface area (Å²) in [6, 6.07) is 22.8. The van der Waals surface area contributed by atoms with Crippen molar-refractivity contribution in [2.24, 2.45) is 5.10 Å². The smallest absolute Gasteiger partial charge is 0.213 e. The Hall–Kier alpha value is -2.98. The molecule has 2 heterocycles. The van der Waals surface area contributed by atoms with Gasteiger partial charge in [-0.1, -0.05) is 74.0 Å². The molecule has 3 aromatic carbocycles. The van der Waals surface area contributed by atoms with Gasteiger partial charge in [-0.3, -0.25) is 0 Å². The van der Waals surface area contributed by atoms with E-state index in [4.69, 9.17) is 26.2 Å². The van der Waals surface area contributed by atoms with Crippen LogP contribution in [-0.4, -0.2) is 17.3 Å². The molecule has 2 aliphatic heterocycles. The van der Waals surface area contributed by atoms with Crippen LogP contribution in [0.2, 0.25) is 5.02 Å². The van der Waals surface area contributed by atoms with Gasteiger partial charge < -0.3 is 9.47 Å². The van der Waals surface area contributed by atoms with E-state index in [1.807, 2.05) is 30.3 Å². The van der Waals surface area contributed by atoms with Gasteiger partial charge in [-0.15, -0.1) is 0 Å². The van der Waals surface area contributed by atoms with E-state index in [0.717, 1.165) is 53.3 Å². The summed E-state index contributed by atoms with van der Waals surface area (Å²) in [6.07, 6.45) is 6.68. The second-order valence-electron chi connectivity index (χ2n) is 9.50. The predicted molar refractivity (Wildman–Crippen MR) is 142 cm³/mol. The van der Waals surface area contributed by atoms with Crippen molar-refractivity contribution in [2.45, 2.75) is 64.6 Å². The van der Waals surface area contributed by atoms with Crippen molar-refractivity contribution < 1.29 is 9.47 Å². The molecule has 182 valence electrons. The molecular formula is C30H33ClN2O2. The number of hydrogen-bond acceptors (Lipinski definition) is 4. The number of hydrogen-bond donors (Lipinski definition) is 0. The van der Waals surface area contributed by atoms with E-state index in [1.165, 1.54) is 31.2 Å². The lowest BCUT2D eigenvalue weighted by Gasteiger charge is -2.38. The van der Waals surface area contributed by atoms with E-state index in [9.17, 15) is 0 Å². The maximum Gasteiger partial charge on any atom is 0.213 e.